The minimum Gasteiger partial charge on any atom is -0.493 e. The zero-order valence-corrected chi connectivity index (χ0v) is 20.9. The number of hydrogen-bond donors (Lipinski definition) is 0. The fraction of sp³-hybridized carbons (Fsp3) is 0.577. The van der Waals surface area contributed by atoms with Gasteiger partial charge < -0.3 is 23.6 Å². The second kappa shape index (κ2) is 8.96. The van der Waals surface area contributed by atoms with Gasteiger partial charge in [0.15, 0.2) is 18.1 Å². The Morgan fingerprint density at radius 3 is 2.62 bits per heavy atom. The molecule has 2 heterocycles. The van der Waals surface area contributed by atoms with Crippen LogP contribution in [0.25, 0.3) is 0 Å². The van der Waals surface area contributed by atoms with Gasteiger partial charge in [-0.25, -0.2) is 4.79 Å². The van der Waals surface area contributed by atoms with Crippen LogP contribution in [-0.4, -0.2) is 48.2 Å². The summed E-state index contributed by atoms with van der Waals surface area (Å²) in [5, 5.41) is 3.92. The second-order valence-corrected chi connectivity index (χ2v) is 10.8. The summed E-state index contributed by atoms with van der Waals surface area (Å²) in [6.07, 6.45) is 3.10. The topological polar surface area (TPSA) is 91.1 Å². The number of esters is 1. The summed E-state index contributed by atoms with van der Waals surface area (Å²) in [4.78, 5) is 27.5. The van der Waals surface area contributed by atoms with E-state index in [2.05, 4.69) is 25.9 Å². The quantitative estimate of drug-likeness (QED) is 0.552. The number of likely N-dealkylation sites (tertiary alicyclic amines) is 1. The molecule has 2 aliphatic rings. The van der Waals surface area contributed by atoms with Crippen LogP contribution < -0.4 is 9.47 Å². The lowest BCUT2D eigenvalue weighted by Gasteiger charge is -2.39. The molecule has 2 bridgehead atoms. The van der Waals surface area contributed by atoms with Gasteiger partial charge in [-0.3, -0.25) is 4.79 Å². The highest BCUT2D eigenvalue weighted by molar-refractivity contribution is 5.92. The number of ether oxygens (including phenoxy) is 3. The summed E-state index contributed by atoms with van der Waals surface area (Å²) < 4.78 is 21.8. The van der Waals surface area contributed by atoms with Crippen molar-refractivity contribution in [1.82, 2.24) is 10.1 Å². The Hall–Kier alpha value is -3.03. The van der Waals surface area contributed by atoms with E-state index in [1.807, 2.05) is 18.7 Å². The number of amides is 1. The summed E-state index contributed by atoms with van der Waals surface area (Å²) in [7, 11) is 1.50. The third kappa shape index (κ3) is 4.91. The standard InChI is InChI=1S/C26H34N2O6/c1-16-20(17(2)34-27-16)12-32-21-8-7-18(9-22(21)31-6)24(30)33-13-23(29)28-15-26(5)11-19(28)10-25(3,4)14-26/h7-9,19H,10-15H2,1-6H3/t19-,26-/m1/s1. The maximum absolute atomic E-state index is 12.9. The Kier molecular flexibility index (Phi) is 6.36. The number of aromatic nitrogens is 1. The van der Waals surface area contributed by atoms with Gasteiger partial charge in [0.1, 0.15) is 12.4 Å². The van der Waals surface area contributed by atoms with Crippen LogP contribution >= 0.6 is 0 Å². The van der Waals surface area contributed by atoms with Gasteiger partial charge in [-0.1, -0.05) is 25.9 Å². The molecule has 1 saturated heterocycles. The highest BCUT2D eigenvalue weighted by Gasteiger charge is 2.50. The SMILES string of the molecule is COc1cc(C(=O)OCC(=O)N2C[C@]3(C)C[C@H]2CC(C)(C)C3)ccc1OCc1c(C)noc1C. The number of rotatable bonds is 7. The van der Waals surface area contributed by atoms with Crippen LogP contribution in [0.1, 0.15) is 67.4 Å². The highest BCUT2D eigenvalue weighted by Crippen LogP contribution is 2.52. The highest BCUT2D eigenvalue weighted by atomic mass is 16.5. The molecule has 1 amide bonds. The minimum atomic E-state index is -0.572. The van der Waals surface area contributed by atoms with Crippen LogP contribution in [-0.2, 0) is 16.1 Å². The van der Waals surface area contributed by atoms with Gasteiger partial charge in [-0.15, -0.1) is 0 Å². The Morgan fingerprint density at radius 2 is 1.94 bits per heavy atom. The van der Waals surface area contributed by atoms with Gasteiger partial charge in [0.05, 0.1) is 23.9 Å². The summed E-state index contributed by atoms with van der Waals surface area (Å²) in [5.74, 6) is 0.871. The molecule has 0 radical (unpaired) electrons. The Balaban J connectivity index is 1.36. The number of nitrogens with zero attached hydrogens (tertiary/aromatic N) is 2. The second-order valence-electron chi connectivity index (χ2n) is 10.8. The van der Waals surface area contributed by atoms with E-state index in [9.17, 15) is 9.59 Å². The molecule has 1 aromatic carbocycles. The molecule has 1 saturated carbocycles. The monoisotopic (exact) mass is 470 g/mol. The first kappa shape index (κ1) is 24.1. The largest absolute Gasteiger partial charge is 0.493 e. The van der Waals surface area contributed by atoms with Crippen LogP contribution in [0, 0.1) is 24.7 Å². The van der Waals surface area contributed by atoms with Crippen molar-refractivity contribution in [3.8, 4) is 11.5 Å². The van der Waals surface area contributed by atoms with Gasteiger partial charge in [0, 0.05) is 12.6 Å². The average molecular weight is 471 g/mol. The summed E-state index contributed by atoms with van der Waals surface area (Å²) in [6, 6.07) is 5.03. The van der Waals surface area contributed by atoms with Crippen molar-refractivity contribution in [3.63, 3.8) is 0 Å². The van der Waals surface area contributed by atoms with Crippen LogP contribution in [0.5, 0.6) is 11.5 Å². The zero-order valence-electron chi connectivity index (χ0n) is 20.9. The van der Waals surface area contributed by atoms with Gasteiger partial charge in [-0.2, -0.15) is 0 Å². The first-order valence-electron chi connectivity index (χ1n) is 11.7. The number of benzene rings is 1. The molecule has 8 nitrogen and oxygen atoms in total. The van der Waals surface area contributed by atoms with Crippen molar-refractivity contribution >= 4 is 11.9 Å². The molecule has 184 valence electrons. The van der Waals surface area contributed by atoms with Gasteiger partial charge in [0.25, 0.3) is 5.91 Å². The molecule has 0 spiro atoms. The average Bonchev–Trinajstić information content (AvgIpc) is 3.23. The molecule has 1 aromatic heterocycles. The molecule has 2 aromatic rings. The fourth-order valence-electron chi connectivity index (χ4n) is 5.82. The predicted octanol–water partition coefficient (Wildman–Crippen LogP) is 4.46. The molecule has 0 N–H and O–H groups in total. The normalized spacial score (nSPS) is 23.0. The van der Waals surface area contributed by atoms with Crippen molar-refractivity contribution in [2.24, 2.45) is 10.8 Å². The number of aryl methyl sites for hydroxylation is 2. The predicted molar refractivity (Wildman–Crippen MR) is 125 cm³/mol. The summed E-state index contributed by atoms with van der Waals surface area (Å²) in [5.41, 5.74) is 2.28. The number of fused-ring (bicyclic) bond motifs is 2. The van der Waals surface area contributed by atoms with Crippen molar-refractivity contribution in [2.45, 2.75) is 66.5 Å². The van der Waals surface area contributed by atoms with E-state index in [0.29, 0.717) is 22.8 Å². The van der Waals surface area contributed by atoms with Crippen LogP contribution in [0.4, 0.5) is 0 Å². The molecule has 1 aliphatic heterocycles. The van der Waals surface area contributed by atoms with E-state index in [4.69, 9.17) is 18.7 Å². The lowest BCUT2D eigenvalue weighted by atomic mass is 9.65. The molecular weight excluding hydrogens is 436 g/mol. The number of carbonyl (C=O) groups is 2. The Bertz CT molecular complexity index is 1070. The molecule has 4 rings (SSSR count). The molecule has 0 unspecified atom stereocenters. The van der Waals surface area contributed by atoms with E-state index in [1.54, 1.807) is 18.2 Å². The van der Waals surface area contributed by atoms with E-state index in [1.165, 1.54) is 7.11 Å². The lowest BCUT2D eigenvalue weighted by Crippen LogP contribution is -2.39. The third-order valence-corrected chi connectivity index (χ3v) is 7.01. The number of carbonyl (C=O) groups excluding carboxylic acids is 2. The lowest BCUT2D eigenvalue weighted by molar-refractivity contribution is -0.135. The van der Waals surface area contributed by atoms with Crippen LogP contribution in [0.2, 0.25) is 0 Å². The maximum atomic E-state index is 12.9. The van der Waals surface area contributed by atoms with Gasteiger partial charge >= 0.3 is 5.97 Å². The van der Waals surface area contributed by atoms with Crippen molar-refractivity contribution in [1.29, 1.82) is 0 Å². The van der Waals surface area contributed by atoms with Crippen molar-refractivity contribution in [2.75, 3.05) is 20.3 Å². The van der Waals surface area contributed by atoms with Gasteiger partial charge in [0.2, 0.25) is 0 Å². The Morgan fingerprint density at radius 1 is 1.18 bits per heavy atom. The maximum Gasteiger partial charge on any atom is 0.338 e. The van der Waals surface area contributed by atoms with Crippen LogP contribution in [0.3, 0.4) is 0 Å². The van der Waals surface area contributed by atoms with Crippen molar-refractivity contribution in [3.05, 3.63) is 40.8 Å². The van der Waals surface area contributed by atoms with E-state index >= 15 is 0 Å². The smallest absolute Gasteiger partial charge is 0.338 e. The number of methoxy groups -OCH3 is 1. The zero-order chi connectivity index (χ0) is 24.7. The van der Waals surface area contributed by atoms with Gasteiger partial charge in [-0.05, 0) is 62.1 Å². The molecular formula is C26H34N2O6. The fourth-order valence-corrected chi connectivity index (χ4v) is 5.82. The molecule has 1 aliphatic carbocycles. The first-order chi connectivity index (χ1) is 16.0. The molecule has 2 fully saturated rings. The van der Waals surface area contributed by atoms with E-state index in [-0.39, 0.29) is 36.0 Å². The number of hydrogen-bond acceptors (Lipinski definition) is 7. The van der Waals surface area contributed by atoms with Crippen LogP contribution in [0.15, 0.2) is 22.7 Å². The van der Waals surface area contributed by atoms with E-state index in [0.717, 1.165) is 37.1 Å². The summed E-state index contributed by atoms with van der Waals surface area (Å²) in [6.45, 7) is 11.2. The summed E-state index contributed by atoms with van der Waals surface area (Å²) >= 11 is 0. The molecule has 2 atom stereocenters. The molecule has 8 heteroatoms. The third-order valence-electron chi connectivity index (χ3n) is 7.01. The van der Waals surface area contributed by atoms with E-state index < -0.39 is 5.97 Å². The minimum absolute atomic E-state index is 0.133. The van der Waals surface area contributed by atoms with Crippen molar-refractivity contribution < 1.29 is 28.3 Å². The molecule has 34 heavy (non-hydrogen) atoms. The Labute approximate surface area is 200 Å². The first-order valence-corrected chi connectivity index (χ1v) is 11.7.